The zero-order valence-corrected chi connectivity index (χ0v) is 12.5. The average molecular weight is 352 g/mol. The molecule has 0 aliphatic heterocycles. The zero-order chi connectivity index (χ0) is 14.8. The summed E-state index contributed by atoms with van der Waals surface area (Å²) in [5.41, 5.74) is 0.887. The van der Waals surface area contributed by atoms with Crippen LogP contribution in [0.3, 0.4) is 0 Å². The summed E-state index contributed by atoms with van der Waals surface area (Å²) in [6.07, 6.45) is 2.66. The number of anilines is 1. The van der Waals surface area contributed by atoms with Crippen molar-refractivity contribution in [1.82, 2.24) is 9.55 Å². The fourth-order valence-corrected chi connectivity index (χ4v) is 2.73. The van der Waals surface area contributed by atoms with E-state index >= 15 is 0 Å². The van der Waals surface area contributed by atoms with Crippen LogP contribution >= 0.6 is 15.9 Å². The standard InChI is InChI=1S/C15H12BrF2N3/c16-12-5-6-13(11-4-2-1-3-10(11)12)20-9-14-19-7-8-21(14)15(17)18/h1-8,15,20H,9H2. The van der Waals surface area contributed by atoms with E-state index in [1.165, 1.54) is 12.4 Å². The number of benzene rings is 2. The van der Waals surface area contributed by atoms with E-state index in [1.807, 2.05) is 36.4 Å². The maximum Gasteiger partial charge on any atom is 0.319 e. The van der Waals surface area contributed by atoms with Gasteiger partial charge in [-0.1, -0.05) is 40.2 Å². The van der Waals surface area contributed by atoms with Crippen LogP contribution in [-0.4, -0.2) is 9.55 Å². The first-order valence-electron chi connectivity index (χ1n) is 6.38. The van der Waals surface area contributed by atoms with Crippen molar-refractivity contribution in [3.63, 3.8) is 0 Å². The predicted molar refractivity (Wildman–Crippen MR) is 82.5 cm³/mol. The topological polar surface area (TPSA) is 29.9 Å². The predicted octanol–water partition coefficient (Wildman–Crippen LogP) is 4.81. The van der Waals surface area contributed by atoms with Gasteiger partial charge < -0.3 is 5.32 Å². The molecule has 0 unspecified atom stereocenters. The van der Waals surface area contributed by atoms with Gasteiger partial charge >= 0.3 is 6.55 Å². The smallest absolute Gasteiger partial charge is 0.319 e. The van der Waals surface area contributed by atoms with Gasteiger partial charge in [-0.3, -0.25) is 4.57 Å². The van der Waals surface area contributed by atoms with Crippen LogP contribution in [0.5, 0.6) is 0 Å². The molecule has 1 aromatic heterocycles. The van der Waals surface area contributed by atoms with E-state index in [9.17, 15) is 8.78 Å². The van der Waals surface area contributed by atoms with Gasteiger partial charge in [0.2, 0.25) is 0 Å². The van der Waals surface area contributed by atoms with Gasteiger partial charge in [0, 0.05) is 27.9 Å². The second kappa shape index (κ2) is 5.81. The number of nitrogens with one attached hydrogen (secondary N) is 1. The van der Waals surface area contributed by atoms with Crippen LogP contribution in [0.15, 0.2) is 53.3 Å². The minimum absolute atomic E-state index is 0.239. The molecule has 1 N–H and O–H groups in total. The summed E-state index contributed by atoms with van der Waals surface area (Å²) in [4.78, 5) is 3.96. The Kier molecular flexibility index (Phi) is 3.88. The number of fused-ring (bicyclic) bond motifs is 1. The summed E-state index contributed by atoms with van der Waals surface area (Å²) in [5, 5.41) is 5.27. The number of rotatable bonds is 4. The fraction of sp³-hybridized carbons (Fsp3) is 0.133. The lowest BCUT2D eigenvalue weighted by molar-refractivity contribution is 0.0673. The molecule has 1 heterocycles. The van der Waals surface area contributed by atoms with Crippen LogP contribution in [0.25, 0.3) is 10.8 Å². The Labute approximate surface area is 128 Å². The van der Waals surface area contributed by atoms with Gasteiger partial charge in [-0.05, 0) is 17.5 Å². The first-order chi connectivity index (χ1) is 10.2. The maximum atomic E-state index is 12.8. The average Bonchev–Trinajstić information content (AvgIpc) is 2.96. The molecule has 108 valence electrons. The summed E-state index contributed by atoms with van der Waals surface area (Å²) < 4.78 is 27.4. The van der Waals surface area contributed by atoms with Crippen LogP contribution in [-0.2, 0) is 6.54 Å². The quantitative estimate of drug-likeness (QED) is 0.731. The Balaban J connectivity index is 1.89. The molecule has 0 aliphatic carbocycles. The first-order valence-corrected chi connectivity index (χ1v) is 7.17. The van der Waals surface area contributed by atoms with Gasteiger partial charge in [0.25, 0.3) is 0 Å². The van der Waals surface area contributed by atoms with E-state index in [1.54, 1.807) is 0 Å². The normalized spacial score (nSPS) is 11.2. The summed E-state index contributed by atoms with van der Waals surface area (Å²) in [5.74, 6) is 0.303. The number of alkyl halides is 2. The second-order valence-corrected chi connectivity index (χ2v) is 5.38. The Morgan fingerprint density at radius 1 is 1.14 bits per heavy atom. The molecule has 0 radical (unpaired) electrons. The number of nitrogens with zero attached hydrogens (tertiary/aromatic N) is 2. The number of hydrogen-bond acceptors (Lipinski definition) is 2. The number of aromatic nitrogens is 2. The molecule has 0 bridgehead atoms. The van der Waals surface area contributed by atoms with E-state index in [0.717, 1.165) is 25.5 Å². The van der Waals surface area contributed by atoms with Gasteiger partial charge in [0.15, 0.2) is 0 Å². The molecule has 6 heteroatoms. The lowest BCUT2D eigenvalue weighted by Gasteiger charge is -2.12. The highest BCUT2D eigenvalue weighted by molar-refractivity contribution is 9.10. The van der Waals surface area contributed by atoms with Crippen LogP contribution < -0.4 is 5.32 Å². The van der Waals surface area contributed by atoms with Crippen LogP contribution in [0.4, 0.5) is 14.5 Å². The van der Waals surface area contributed by atoms with Gasteiger partial charge in [0.1, 0.15) is 5.82 Å². The minimum atomic E-state index is -2.58. The number of halogens is 3. The Bertz CT molecular complexity index is 770. The highest BCUT2D eigenvalue weighted by atomic mass is 79.9. The molecular weight excluding hydrogens is 340 g/mol. The van der Waals surface area contributed by atoms with Crippen molar-refractivity contribution < 1.29 is 8.78 Å². The van der Waals surface area contributed by atoms with Crippen molar-refractivity contribution in [3.8, 4) is 0 Å². The van der Waals surface area contributed by atoms with E-state index < -0.39 is 6.55 Å². The lowest BCUT2D eigenvalue weighted by atomic mass is 10.1. The number of imidazole rings is 1. The molecule has 0 saturated carbocycles. The van der Waals surface area contributed by atoms with E-state index in [2.05, 4.69) is 26.2 Å². The van der Waals surface area contributed by atoms with Crippen molar-refractivity contribution in [2.75, 3.05) is 5.32 Å². The molecule has 2 aromatic carbocycles. The third-order valence-electron chi connectivity index (χ3n) is 3.27. The summed E-state index contributed by atoms with van der Waals surface area (Å²) >= 11 is 3.51. The molecule has 3 aromatic rings. The molecule has 0 spiro atoms. The highest BCUT2D eigenvalue weighted by Crippen LogP contribution is 2.30. The number of hydrogen-bond donors (Lipinski definition) is 1. The Morgan fingerprint density at radius 2 is 1.90 bits per heavy atom. The van der Waals surface area contributed by atoms with Crippen LogP contribution in [0, 0.1) is 0 Å². The van der Waals surface area contributed by atoms with Gasteiger partial charge in [-0.2, -0.15) is 8.78 Å². The van der Waals surface area contributed by atoms with Crippen LogP contribution in [0.1, 0.15) is 12.4 Å². The first kappa shape index (κ1) is 14.0. The second-order valence-electron chi connectivity index (χ2n) is 4.52. The SMILES string of the molecule is FC(F)n1ccnc1CNc1ccc(Br)c2ccccc12. The third-order valence-corrected chi connectivity index (χ3v) is 3.96. The zero-order valence-electron chi connectivity index (χ0n) is 10.9. The minimum Gasteiger partial charge on any atom is -0.377 e. The van der Waals surface area contributed by atoms with Crippen molar-refractivity contribution in [2.24, 2.45) is 0 Å². The van der Waals surface area contributed by atoms with Crippen molar-refractivity contribution in [3.05, 3.63) is 59.1 Å². The molecule has 0 fully saturated rings. The molecule has 21 heavy (non-hydrogen) atoms. The summed E-state index contributed by atoms with van der Waals surface area (Å²) in [6.45, 7) is -2.34. The van der Waals surface area contributed by atoms with E-state index in [0.29, 0.717) is 5.82 Å². The highest BCUT2D eigenvalue weighted by Gasteiger charge is 2.11. The van der Waals surface area contributed by atoms with E-state index in [4.69, 9.17) is 0 Å². The van der Waals surface area contributed by atoms with Gasteiger partial charge in [-0.25, -0.2) is 4.98 Å². The Hall–Kier alpha value is -1.95. The fourth-order valence-electron chi connectivity index (χ4n) is 2.25. The van der Waals surface area contributed by atoms with Crippen molar-refractivity contribution >= 4 is 32.4 Å². The van der Waals surface area contributed by atoms with Gasteiger partial charge in [0.05, 0.1) is 6.54 Å². The van der Waals surface area contributed by atoms with Crippen LogP contribution in [0.2, 0.25) is 0 Å². The van der Waals surface area contributed by atoms with Gasteiger partial charge in [-0.15, -0.1) is 0 Å². The van der Waals surface area contributed by atoms with E-state index in [-0.39, 0.29) is 6.54 Å². The molecule has 0 atom stereocenters. The molecule has 3 rings (SSSR count). The maximum absolute atomic E-state index is 12.8. The molecule has 0 amide bonds. The largest absolute Gasteiger partial charge is 0.377 e. The Morgan fingerprint density at radius 3 is 2.67 bits per heavy atom. The summed E-state index contributed by atoms with van der Waals surface area (Å²) in [7, 11) is 0. The monoisotopic (exact) mass is 351 g/mol. The molecule has 0 saturated heterocycles. The lowest BCUT2D eigenvalue weighted by Crippen LogP contribution is -2.09. The third kappa shape index (κ3) is 2.76. The molecule has 0 aliphatic rings. The molecular formula is C15H12BrF2N3. The van der Waals surface area contributed by atoms with Crippen molar-refractivity contribution in [2.45, 2.75) is 13.1 Å². The molecule has 3 nitrogen and oxygen atoms in total. The van der Waals surface area contributed by atoms with Crippen molar-refractivity contribution in [1.29, 1.82) is 0 Å². The summed E-state index contributed by atoms with van der Waals surface area (Å²) in [6, 6.07) is 11.7.